The summed E-state index contributed by atoms with van der Waals surface area (Å²) in [6.45, 7) is 5.79. The Morgan fingerprint density at radius 1 is 1.50 bits per heavy atom. The number of likely N-dealkylation sites (tertiary alicyclic amines) is 1. The highest BCUT2D eigenvalue weighted by Gasteiger charge is 2.16. The van der Waals surface area contributed by atoms with E-state index < -0.39 is 0 Å². The summed E-state index contributed by atoms with van der Waals surface area (Å²) in [6, 6.07) is 0.472. The van der Waals surface area contributed by atoms with Crippen molar-refractivity contribution >= 4 is 0 Å². The summed E-state index contributed by atoms with van der Waals surface area (Å²) in [5.74, 6) is 3.54. The number of terminal acetylenes is 1. The van der Waals surface area contributed by atoms with Crippen molar-refractivity contribution in [1.29, 1.82) is 0 Å². The minimum absolute atomic E-state index is 0.472. The Kier molecular flexibility index (Phi) is 5.00. The van der Waals surface area contributed by atoms with Crippen LogP contribution in [0.1, 0.15) is 26.2 Å². The highest BCUT2D eigenvalue weighted by molar-refractivity contribution is 4.88. The molecule has 0 aliphatic carbocycles. The first kappa shape index (κ1) is 11.6. The monoisotopic (exact) mass is 194 g/mol. The van der Waals surface area contributed by atoms with Crippen molar-refractivity contribution in [3.63, 3.8) is 0 Å². The molecule has 0 spiro atoms. The van der Waals surface area contributed by atoms with Crippen LogP contribution in [0.15, 0.2) is 0 Å². The second-order valence-electron chi connectivity index (χ2n) is 4.46. The maximum atomic E-state index is 5.26. The average molecular weight is 194 g/mol. The van der Waals surface area contributed by atoms with Gasteiger partial charge in [-0.25, -0.2) is 0 Å². The number of hydrogen-bond donors (Lipinski definition) is 1. The predicted octanol–water partition coefficient (Wildman–Crippen LogP) is 1.33. The predicted molar refractivity (Wildman–Crippen MR) is 61.1 cm³/mol. The van der Waals surface area contributed by atoms with Gasteiger partial charge in [-0.3, -0.25) is 0 Å². The molecule has 2 heteroatoms. The summed E-state index contributed by atoms with van der Waals surface area (Å²) < 4.78 is 0. The third kappa shape index (κ3) is 4.13. The second-order valence-corrected chi connectivity index (χ2v) is 4.46. The van der Waals surface area contributed by atoms with Gasteiger partial charge in [0.25, 0.3) is 0 Å². The molecule has 1 saturated heterocycles. The smallest absolute Gasteiger partial charge is 0.0238 e. The molecule has 1 fully saturated rings. The first-order valence-electron chi connectivity index (χ1n) is 5.57. The summed E-state index contributed by atoms with van der Waals surface area (Å²) in [7, 11) is 2.20. The van der Waals surface area contributed by atoms with Crippen LogP contribution in [0.3, 0.4) is 0 Å². The van der Waals surface area contributed by atoms with E-state index in [0.717, 1.165) is 18.9 Å². The van der Waals surface area contributed by atoms with Crippen LogP contribution in [0, 0.1) is 18.3 Å². The van der Waals surface area contributed by atoms with Gasteiger partial charge in [0.1, 0.15) is 0 Å². The van der Waals surface area contributed by atoms with Crippen LogP contribution in [-0.4, -0.2) is 37.6 Å². The Morgan fingerprint density at radius 3 is 2.71 bits per heavy atom. The van der Waals surface area contributed by atoms with Gasteiger partial charge in [-0.05, 0) is 52.4 Å². The van der Waals surface area contributed by atoms with Crippen LogP contribution in [0.25, 0.3) is 0 Å². The molecule has 1 N–H and O–H groups in total. The van der Waals surface area contributed by atoms with Gasteiger partial charge in [0.05, 0.1) is 0 Å². The van der Waals surface area contributed by atoms with Crippen molar-refractivity contribution in [2.24, 2.45) is 5.92 Å². The first-order valence-corrected chi connectivity index (χ1v) is 5.57. The lowest BCUT2D eigenvalue weighted by atomic mass is 9.97. The number of piperidine rings is 1. The van der Waals surface area contributed by atoms with Gasteiger partial charge in [-0.1, -0.05) is 0 Å². The van der Waals surface area contributed by atoms with E-state index in [-0.39, 0.29) is 0 Å². The Balaban J connectivity index is 2.10. The first-order chi connectivity index (χ1) is 6.72. The van der Waals surface area contributed by atoms with E-state index in [4.69, 9.17) is 6.42 Å². The zero-order chi connectivity index (χ0) is 10.4. The molecule has 1 atom stereocenters. The lowest BCUT2D eigenvalue weighted by Crippen LogP contribution is -2.37. The third-order valence-corrected chi connectivity index (χ3v) is 3.02. The van der Waals surface area contributed by atoms with Crippen LogP contribution >= 0.6 is 0 Å². The normalized spacial score (nSPS) is 21.8. The molecule has 14 heavy (non-hydrogen) atoms. The third-order valence-electron chi connectivity index (χ3n) is 3.02. The fourth-order valence-corrected chi connectivity index (χ4v) is 1.88. The molecule has 1 rings (SSSR count). The SMILES string of the molecule is C#CCC(C)NCC1CCN(C)CC1. The van der Waals surface area contributed by atoms with E-state index >= 15 is 0 Å². The molecule has 1 heterocycles. The number of rotatable bonds is 4. The van der Waals surface area contributed by atoms with Gasteiger partial charge in [0, 0.05) is 12.5 Å². The summed E-state index contributed by atoms with van der Waals surface area (Å²) in [5, 5.41) is 3.51. The number of hydrogen-bond acceptors (Lipinski definition) is 2. The van der Waals surface area contributed by atoms with Crippen LogP contribution in [0.4, 0.5) is 0 Å². The van der Waals surface area contributed by atoms with Gasteiger partial charge < -0.3 is 10.2 Å². The van der Waals surface area contributed by atoms with Crippen LogP contribution in [0.2, 0.25) is 0 Å². The number of nitrogens with one attached hydrogen (secondary N) is 1. The largest absolute Gasteiger partial charge is 0.313 e. The average Bonchev–Trinajstić information content (AvgIpc) is 2.17. The van der Waals surface area contributed by atoms with E-state index in [2.05, 4.69) is 30.1 Å². The van der Waals surface area contributed by atoms with E-state index in [9.17, 15) is 0 Å². The van der Waals surface area contributed by atoms with Gasteiger partial charge in [-0.15, -0.1) is 12.3 Å². The molecule has 1 aliphatic rings. The highest BCUT2D eigenvalue weighted by Crippen LogP contribution is 2.14. The molecule has 0 aromatic heterocycles. The maximum absolute atomic E-state index is 5.26. The quantitative estimate of drug-likeness (QED) is 0.679. The molecule has 0 saturated carbocycles. The fourth-order valence-electron chi connectivity index (χ4n) is 1.88. The summed E-state index contributed by atoms with van der Waals surface area (Å²) in [4.78, 5) is 2.40. The van der Waals surface area contributed by atoms with E-state index in [0.29, 0.717) is 6.04 Å². The Bertz CT molecular complexity index is 187. The van der Waals surface area contributed by atoms with Crippen molar-refractivity contribution in [3.05, 3.63) is 0 Å². The van der Waals surface area contributed by atoms with Gasteiger partial charge in [0.2, 0.25) is 0 Å². The van der Waals surface area contributed by atoms with Crippen LogP contribution in [-0.2, 0) is 0 Å². The zero-order valence-corrected chi connectivity index (χ0v) is 9.42. The molecule has 1 unspecified atom stereocenters. The maximum Gasteiger partial charge on any atom is 0.0238 e. The minimum Gasteiger partial charge on any atom is -0.313 e. The molecule has 0 amide bonds. The zero-order valence-electron chi connectivity index (χ0n) is 9.42. The Labute approximate surface area is 88.1 Å². The second kappa shape index (κ2) is 6.06. The topological polar surface area (TPSA) is 15.3 Å². The summed E-state index contributed by atoms with van der Waals surface area (Å²) >= 11 is 0. The van der Waals surface area contributed by atoms with E-state index in [1.54, 1.807) is 0 Å². The van der Waals surface area contributed by atoms with Crippen molar-refractivity contribution in [1.82, 2.24) is 10.2 Å². The molecule has 0 radical (unpaired) electrons. The van der Waals surface area contributed by atoms with E-state index in [1.165, 1.54) is 25.9 Å². The van der Waals surface area contributed by atoms with Crippen molar-refractivity contribution in [3.8, 4) is 12.3 Å². The molecule has 0 aromatic carbocycles. The van der Waals surface area contributed by atoms with Crippen molar-refractivity contribution < 1.29 is 0 Å². The van der Waals surface area contributed by atoms with Gasteiger partial charge >= 0.3 is 0 Å². The number of nitrogens with zero attached hydrogens (tertiary/aromatic N) is 1. The lowest BCUT2D eigenvalue weighted by molar-refractivity contribution is 0.213. The Hall–Kier alpha value is -0.520. The standard InChI is InChI=1S/C12H22N2/c1-4-5-11(2)13-10-12-6-8-14(3)9-7-12/h1,11-13H,5-10H2,2-3H3. The van der Waals surface area contributed by atoms with Gasteiger partial charge in [-0.2, -0.15) is 0 Å². The molecule has 80 valence electrons. The van der Waals surface area contributed by atoms with Crippen molar-refractivity contribution in [2.45, 2.75) is 32.2 Å². The van der Waals surface area contributed by atoms with Crippen molar-refractivity contribution in [2.75, 3.05) is 26.7 Å². The molecular weight excluding hydrogens is 172 g/mol. The molecule has 0 bridgehead atoms. The van der Waals surface area contributed by atoms with Crippen LogP contribution in [0.5, 0.6) is 0 Å². The molecule has 1 aliphatic heterocycles. The molecule has 2 nitrogen and oxygen atoms in total. The summed E-state index contributed by atoms with van der Waals surface area (Å²) in [5.41, 5.74) is 0. The fraction of sp³-hybridized carbons (Fsp3) is 0.833. The van der Waals surface area contributed by atoms with Gasteiger partial charge in [0.15, 0.2) is 0 Å². The van der Waals surface area contributed by atoms with Crippen LogP contribution < -0.4 is 5.32 Å². The van der Waals surface area contributed by atoms with E-state index in [1.807, 2.05) is 0 Å². The Morgan fingerprint density at radius 2 is 2.14 bits per heavy atom. The lowest BCUT2D eigenvalue weighted by Gasteiger charge is -2.29. The summed E-state index contributed by atoms with van der Waals surface area (Å²) in [6.07, 6.45) is 8.75. The minimum atomic E-state index is 0.472. The molecule has 0 aromatic rings. The molecular formula is C12H22N2. The highest BCUT2D eigenvalue weighted by atomic mass is 15.1.